The lowest BCUT2D eigenvalue weighted by molar-refractivity contribution is -0.167. The lowest BCUT2D eigenvalue weighted by Gasteiger charge is -2.18. The van der Waals surface area contributed by atoms with Crippen LogP contribution in [0.15, 0.2) is 48.6 Å². The molecule has 0 aliphatic heterocycles. The van der Waals surface area contributed by atoms with Crippen molar-refractivity contribution in [3.63, 3.8) is 0 Å². The molecular weight excluding hydrogens is 877 g/mol. The topological polar surface area (TPSA) is 78.9 Å². The predicted octanol–water partition coefficient (Wildman–Crippen LogP) is 21.0. The summed E-state index contributed by atoms with van der Waals surface area (Å²) in [5.74, 6) is -0.880. The summed E-state index contributed by atoms with van der Waals surface area (Å²) in [5.41, 5.74) is 0. The van der Waals surface area contributed by atoms with Crippen LogP contribution >= 0.6 is 0 Å². The van der Waals surface area contributed by atoms with Crippen LogP contribution in [0.4, 0.5) is 0 Å². The van der Waals surface area contributed by atoms with E-state index >= 15 is 0 Å². The standard InChI is InChI=1S/C65H118O6/c1-4-7-10-13-16-19-22-25-28-30-32-33-34-36-37-40-43-46-49-52-55-58-64(67)70-61-62(60-69-63(66)57-54-51-48-45-42-39-27-24-21-18-15-12-9-6-3)71-65(68)59-56-53-50-47-44-41-38-35-31-29-26-23-20-17-14-11-8-5-2/h20,23-24,27,29-32,62H,4-19,21-22,25-26,28,33-61H2,1-3H3/b23-20-,27-24-,31-29-,32-30-. The molecular formula is C65H118O6. The summed E-state index contributed by atoms with van der Waals surface area (Å²) >= 11 is 0. The molecule has 0 saturated heterocycles. The number of hydrogen-bond acceptors (Lipinski definition) is 6. The van der Waals surface area contributed by atoms with Gasteiger partial charge in [-0.1, -0.05) is 256 Å². The molecule has 0 saturated carbocycles. The van der Waals surface area contributed by atoms with Gasteiger partial charge >= 0.3 is 17.9 Å². The first-order valence-corrected chi connectivity index (χ1v) is 31.1. The highest BCUT2D eigenvalue weighted by Crippen LogP contribution is 2.16. The highest BCUT2D eigenvalue weighted by Gasteiger charge is 2.19. The number of unbranched alkanes of at least 4 members (excludes halogenated alkanes) is 38. The molecule has 0 aromatic rings. The minimum Gasteiger partial charge on any atom is -0.462 e. The van der Waals surface area contributed by atoms with Crippen LogP contribution in [0.1, 0.15) is 329 Å². The summed E-state index contributed by atoms with van der Waals surface area (Å²) in [6, 6.07) is 0. The maximum atomic E-state index is 12.9. The van der Waals surface area contributed by atoms with E-state index in [9.17, 15) is 14.4 Å². The van der Waals surface area contributed by atoms with Gasteiger partial charge < -0.3 is 14.2 Å². The van der Waals surface area contributed by atoms with Crippen molar-refractivity contribution in [3.8, 4) is 0 Å². The molecule has 1 atom stereocenters. The van der Waals surface area contributed by atoms with Crippen LogP contribution in [0, 0.1) is 0 Å². The largest absolute Gasteiger partial charge is 0.462 e. The summed E-state index contributed by atoms with van der Waals surface area (Å²) < 4.78 is 16.9. The van der Waals surface area contributed by atoms with Crippen molar-refractivity contribution in [1.29, 1.82) is 0 Å². The van der Waals surface area contributed by atoms with Gasteiger partial charge in [0.2, 0.25) is 0 Å². The molecule has 0 aliphatic carbocycles. The maximum absolute atomic E-state index is 12.9. The quantitative estimate of drug-likeness (QED) is 0.0261. The smallest absolute Gasteiger partial charge is 0.306 e. The number of hydrogen-bond donors (Lipinski definition) is 0. The van der Waals surface area contributed by atoms with E-state index in [1.165, 1.54) is 212 Å². The number of allylic oxidation sites excluding steroid dienone is 8. The third kappa shape index (κ3) is 58.1. The Kier molecular flexibility index (Phi) is 57.7. The fraction of sp³-hybridized carbons (Fsp3) is 0.831. The Morgan fingerprint density at radius 2 is 0.507 bits per heavy atom. The number of rotatable bonds is 57. The zero-order valence-corrected chi connectivity index (χ0v) is 47.5. The molecule has 6 heteroatoms. The van der Waals surface area contributed by atoms with E-state index in [0.717, 1.165) is 77.0 Å². The van der Waals surface area contributed by atoms with E-state index in [-0.39, 0.29) is 31.1 Å². The fourth-order valence-corrected chi connectivity index (χ4v) is 9.05. The second-order valence-corrected chi connectivity index (χ2v) is 21.0. The fourth-order valence-electron chi connectivity index (χ4n) is 9.05. The first-order chi connectivity index (χ1) is 35.0. The molecule has 0 aliphatic rings. The number of carbonyl (C=O) groups is 3. The van der Waals surface area contributed by atoms with E-state index in [0.29, 0.717) is 19.3 Å². The Hall–Kier alpha value is -2.63. The van der Waals surface area contributed by atoms with Crippen molar-refractivity contribution in [3.05, 3.63) is 48.6 Å². The summed E-state index contributed by atoms with van der Waals surface area (Å²) in [5, 5.41) is 0. The van der Waals surface area contributed by atoms with Crippen molar-refractivity contribution in [1.82, 2.24) is 0 Å². The Bertz CT molecular complexity index is 1230. The van der Waals surface area contributed by atoms with Crippen molar-refractivity contribution in [2.24, 2.45) is 0 Å². The summed E-state index contributed by atoms with van der Waals surface area (Å²) in [7, 11) is 0. The molecule has 0 aromatic heterocycles. The number of ether oxygens (including phenoxy) is 3. The molecule has 0 N–H and O–H groups in total. The van der Waals surface area contributed by atoms with Crippen LogP contribution in [-0.2, 0) is 28.6 Å². The summed E-state index contributed by atoms with van der Waals surface area (Å²) in [6.45, 7) is 6.64. The van der Waals surface area contributed by atoms with Gasteiger partial charge in [-0.05, 0) is 103 Å². The highest BCUT2D eigenvalue weighted by atomic mass is 16.6. The van der Waals surface area contributed by atoms with Gasteiger partial charge in [0, 0.05) is 19.3 Å². The third-order valence-electron chi connectivity index (χ3n) is 13.8. The Morgan fingerprint density at radius 1 is 0.282 bits per heavy atom. The molecule has 0 fully saturated rings. The zero-order chi connectivity index (χ0) is 51.4. The molecule has 1 unspecified atom stereocenters. The number of carbonyl (C=O) groups excluding carboxylic acids is 3. The van der Waals surface area contributed by atoms with Crippen LogP contribution < -0.4 is 0 Å². The molecule has 71 heavy (non-hydrogen) atoms. The van der Waals surface area contributed by atoms with Crippen molar-refractivity contribution >= 4 is 17.9 Å². The van der Waals surface area contributed by atoms with Crippen LogP contribution in [0.3, 0.4) is 0 Å². The molecule has 0 heterocycles. The van der Waals surface area contributed by atoms with E-state index in [1.54, 1.807) is 0 Å². The summed E-state index contributed by atoms with van der Waals surface area (Å²) in [6.07, 6.45) is 73.9. The van der Waals surface area contributed by atoms with Gasteiger partial charge in [0.15, 0.2) is 6.10 Å². The highest BCUT2D eigenvalue weighted by molar-refractivity contribution is 5.71. The summed E-state index contributed by atoms with van der Waals surface area (Å²) in [4.78, 5) is 38.3. The van der Waals surface area contributed by atoms with Gasteiger partial charge in [-0.15, -0.1) is 0 Å². The lowest BCUT2D eigenvalue weighted by atomic mass is 10.1. The van der Waals surface area contributed by atoms with Gasteiger partial charge in [0.1, 0.15) is 13.2 Å². The van der Waals surface area contributed by atoms with Crippen LogP contribution in [-0.4, -0.2) is 37.2 Å². The minimum atomic E-state index is -0.781. The third-order valence-corrected chi connectivity index (χ3v) is 13.8. The molecule has 0 bridgehead atoms. The van der Waals surface area contributed by atoms with E-state index in [2.05, 4.69) is 69.4 Å². The Labute approximate surface area is 441 Å². The van der Waals surface area contributed by atoms with Gasteiger partial charge in [-0.3, -0.25) is 14.4 Å². The van der Waals surface area contributed by atoms with Gasteiger partial charge in [-0.25, -0.2) is 0 Å². The van der Waals surface area contributed by atoms with Crippen molar-refractivity contribution in [2.45, 2.75) is 335 Å². The monoisotopic (exact) mass is 995 g/mol. The average molecular weight is 996 g/mol. The molecule has 414 valence electrons. The normalized spacial score (nSPS) is 12.3. The molecule has 0 radical (unpaired) electrons. The maximum Gasteiger partial charge on any atom is 0.306 e. The molecule has 0 spiro atoms. The first-order valence-electron chi connectivity index (χ1n) is 31.1. The lowest BCUT2D eigenvalue weighted by Crippen LogP contribution is -2.30. The molecule has 0 aromatic carbocycles. The van der Waals surface area contributed by atoms with Crippen molar-refractivity contribution in [2.75, 3.05) is 13.2 Å². The van der Waals surface area contributed by atoms with Crippen molar-refractivity contribution < 1.29 is 28.6 Å². The SMILES string of the molecule is CCCCCC/C=C\C/C=C\CCCCCCCCCC(=O)OC(COC(=O)CCCCCCC/C=C\CCCCCCC)COC(=O)CCCCCCCCCCC/C=C\CCCCCCCCCC. The van der Waals surface area contributed by atoms with Crippen LogP contribution in [0.5, 0.6) is 0 Å². The zero-order valence-electron chi connectivity index (χ0n) is 47.5. The van der Waals surface area contributed by atoms with E-state index < -0.39 is 6.10 Å². The average Bonchev–Trinajstić information content (AvgIpc) is 3.37. The Balaban J connectivity index is 4.34. The Morgan fingerprint density at radius 3 is 0.803 bits per heavy atom. The van der Waals surface area contributed by atoms with Crippen LogP contribution in [0.25, 0.3) is 0 Å². The van der Waals surface area contributed by atoms with E-state index in [1.807, 2.05) is 0 Å². The first kappa shape index (κ1) is 68.4. The molecule has 0 rings (SSSR count). The minimum absolute atomic E-state index is 0.0782. The molecule has 0 amide bonds. The van der Waals surface area contributed by atoms with Gasteiger partial charge in [0.05, 0.1) is 0 Å². The van der Waals surface area contributed by atoms with Gasteiger partial charge in [-0.2, -0.15) is 0 Å². The van der Waals surface area contributed by atoms with Gasteiger partial charge in [0.25, 0.3) is 0 Å². The van der Waals surface area contributed by atoms with E-state index in [4.69, 9.17) is 14.2 Å². The molecule has 6 nitrogen and oxygen atoms in total. The second kappa shape index (κ2) is 59.9. The second-order valence-electron chi connectivity index (χ2n) is 21.0. The van der Waals surface area contributed by atoms with Crippen LogP contribution in [0.2, 0.25) is 0 Å². The number of esters is 3. The predicted molar refractivity (Wildman–Crippen MR) is 307 cm³/mol.